The number of amides is 3. The number of rotatable bonds is 8. The Labute approximate surface area is 232 Å². The maximum Gasteiger partial charge on any atom is 0.418 e. The van der Waals surface area contributed by atoms with Gasteiger partial charge in [-0.2, -0.15) is 13.2 Å². The maximum absolute atomic E-state index is 14.3. The second-order valence-electron chi connectivity index (χ2n) is 9.62. The summed E-state index contributed by atoms with van der Waals surface area (Å²) >= 11 is 0. The van der Waals surface area contributed by atoms with Gasteiger partial charge in [0.25, 0.3) is 0 Å². The van der Waals surface area contributed by atoms with Gasteiger partial charge in [-0.1, -0.05) is 24.3 Å². The molecule has 4 rings (SSSR count). The lowest BCUT2D eigenvalue weighted by molar-refractivity contribution is -0.137. The fraction of sp³-hybridized carbons (Fsp3) is 0.276. The largest absolute Gasteiger partial charge is 0.491 e. The second kappa shape index (κ2) is 12.3. The lowest BCUT2D eigenvalue weighted by Gasteiger charge is -2.24. The Morgan fingerprint density at radius 2 is 1.68 bits per heavy atom. The zero-order valence-electron chi connectivity index (χ0n) is 21.9. The highest BCUT2D eigenvalue weighted by molar-refractivity contribution is 6.00. The smallest absolute Gasteiger partial charge is 0.418 e. The van der Waals surface area contributed by atoms with E-state index in [0.29, 0.717) is 22.6 Å². The number of nitrogens with zero attached hydrogens (tertiary/aromatic N) is 1. The molecule has 8 nitrogen and oxygen atoms in total. The van der Waals surface area contributed by atoms with E-state index < -0.39 is 36.0 Å². The number of anilines is 2. The van der Waals surface area contributed by atoms with Crippen LogP contribution in [-0.4, -0.2) is 53.3 Å². The Kier molecular flexibility index (Phi) is 8.80. The number of carboxylic acids is 1. The summed E-state index contributed by atoms with van der Waals surface area (Å²) in [6.07, 6.45) is -5.78. The molecule has 0 radical (unpaired) electrons. The molecule has 12 heteroatoms. The number of carbonyl (C=O) groups excluding carboxylic acids is 2. The number of benzene rings is 3. The zero-order chi connectivity index (χ0) is 29.7. The SMILES string of the molecule is Cc1cc(CC(=O)N2C[C@@H](F)C[C@H]2COc2ccc(C(=O)O)cc2)ccc1NC(=O)Nc1ccccc1C(F)(F)F. The minimum atomic E-state index is -4.63. The number of urea groups is 1. The van der Waals surface area contributed by atoms with Crippen molar-refractivity contribution < 1.29 is 41.8 Å². The molecule has 0 spiro atoms. The highest BCUT2D eigenvalue weighted by Gasteiger charge is 2.36. The third-order valence-electron chi connectivity index (χ3n) is 6.60. The van der Waals surface area contributed by atoms with Crippen molar-refractivity contribution in [2.24, 2.45) is 0 Å². The Bertz CT molecular complexity index is 1430. The summed E-state index contributed by atoms with van der Waals surface area (Å²) in [6.45, 7) is 1.63. The average molecular weight is 574 g/mol. The van der Waals surface area contributed by atoms with Crippen LogP contribution in [0.5, 0.6) is 5.75 Å². The monoisotopic (exact) mass is 573 g/mol. The predicted molar refractivity (Wildman–Crippen MR) is 143 cm³/mol. The number of para-hydroxylation sites is 1. The normalized spacial score (nSPS) is 16.8. The van der Waals surface area contributed by atoms with Crippen molar-refractivity contribution in [2.45, 2.75) is 38.2 Å². The Morgan fingerprint density at radius 1 is 1.00 bits per heavy atom. The van der Waals surface area contributed by atoms with Gasteiger partial charge in [-0.05, 0) is 60.5 Å². The summed E-state index contributed by atoms with van der Waals surface area (Å²) in [5.41, 5.74) is 0.259. The Hall–Kier alpha value is -4.61. The summed E-state index contributed by atoms with van der Waals surface area (Å²) in [5, 5.41) is 13.7. The summed E-state index contributed by atoms with van der Waals surface area (Å²) in [7, 11) is 0. The van der Waals surface area contributed by atoms with Gasteiger partial charge in [0.15, 0.2) is 0 Å². The first kappa shape index (κ1) is 29.4. The van der Waals surface area contributed by atoms with Crippen LogP contribution in [-0.2, 0) is 17.4 Å². The van der Waals surface area contributed by atoms with Gasteiger partial charge < -0.3 is 25.4 Å². The third-order valence-corrected chi connectivity index (χ3v) is 6.60. The van der Waals surface area contributed by atoms with Crippen molar-refractivity contribution in [1.82, 2.24) is 4.90 Å². The number of halogens is 4. The molecule has 3 amide bonds. The number of carbonyl (C=O) groups is 3. The number of nitrogens with one attached hydrogen (secondary N) is 2. The van der Waals surface area contributed by atoms with E-state index in [9.17, 15) is 31.9 Å². The molecule has 2 atom stereocenters. The van der Waals surface area contributed by atoms with Crippen LogP contribution in [0.25, 0.3) is 0 Å². The molecule has 0 aromatic heterocycles. The van der Waals surface area contributed by atoms with Crippen LogP contribution in [0.4, 0.5) is 33.7 Å². The lowest BCUT2D eigenvalue weighted by Crippen LogP contribution is -2.40. The number of likely N-dealkylation sites (tertiary alicyclic amines) is 1. The third kappa shape index (κ3) is 7.53. The molecule has 0 unspecified atom stereocenters. The number of hydrogen-bond acceptors (Lipinski definition) is 4. The van der Waals surface area contributed by atoms with E-state index in [1.54, 1.807) is 19.1 Å². The molecule has 41 heavy (non-hydrogen) atoms. The standard InChI is InChI=1S/C29H27F4N3O5/c1-17-12-18(6-11-24(17)34-28(40)35-25-5-3-2-4-23(25)29(31,32)33)13-26(37)36-15-20(30)14-21(36)16-41-22-9-7-19(8-10-22)27(38)39/h2-12,20-21H,13-16H2,1H3,(H,38,39)(H2,34,35,40)/t20-,21-/m0/s1. The van der Waals surface area contributed by atoms with Crippen LogP contribution < -0.4 is 15.4 Å². The Morgan fingerprint density at radius 3 is 2.34 bits per heavy atom. The van der Waals surface area contributed by atoms with Gasteiger partial charge in [0, 0.05) is 12.1 Å². The first-order chi connectivity index (χ1) is 19.4. The van der Waals surface area contributed by atoms with E-state index in [0.717, 1.165) is 12.1 Å². The second-order valence-corrected chi connectivity index (χ2v) is 9.62. The van der Waals surface area contributed by atoms with Crippen molar-refractivity contribution in [1.29, 1.82) is 0 Å². The van der Waals surface area contributed by atoms with Crippen molar-refractivity contribution in [2.75, 3.05) is 23.8 Å². The van der Waals surface area contributed by atoms with Crippen molar-refractivity contribution in [3.63, 3.8) is 0 Å². The highest BCUT2D eigenvalue weighted by Crippen LogP contribution is 2.34. The molecule has 1 saturated heterocycles. The molecule has 3 N–H and O–H groups in total. The van der Waals surface area contributed by atoms with Crippen LogP contribution in [0.2, 0.25) is 0 Å². The van der Waals surface area contributed by atoms with E-state index in [1.165, 1.54) is 47.4 Å². The topological polar surface area (TPSA) is 108 Å². The molecular formula is C29H27F4N3O5. The minimum absolute atomic E-state index is 0.0348. The number of aromatic carboxylic acids is 1. The van der Waals surface area contributed by atoms with Crippen molar-refractivity contribution in [3.8, 4) is 5.75 Å². The number of alkyl halides is 4. The first-order valence-corrected chi connectivity index (χ1v) is 12.6. The lowest BCUT2D eigenvalue weighted by atomic mass is 10.1. The zero-order valence-corrected chi connectivity index (χ0v) is 21.9. The van der Waals surface area contributed by atoms with E-state index in [4.69, 9.17) is 9.84 Å². The molecule has 216 valence electrons. The summed E-state index contributed by atoms with van der Waals surface area (Å²) in [4.78, 5) is 37.9. The van der Waals surface area contributed by atoms with Crippen LogP contribution in [0.3, 0.4) is 0 Å². The summed E-state index contributed by atoms with van der Waals surface area (Å²) in [6, 6.07) is 13.8. The summed E-state index contributed by atoms with van der Waals surface area (Å²) in [5.74, 6) is -0.991. The van der Waals surface area contributed by atoms with Crippen molar-refractivity contribution >= 4 is 29.3 Å². The molecular weight excluding hydrogens is 546 g/mol. The first-order valence-electron chi connectivity index (χ1n) is 12.6. The van der Waals surface area contributed by atoms with Gasteiger partial charge in [0.05, 0.1) is 35.8 Å². The molecule has 3 aromatic rings. The number of ether oxygens (including phenoxy) is 1. The molecule has 0 bridgehead atoms. The van der Waals surface area contributed by atoms with Gasteiger partial charge in [-0.3, -0.25) is 4.79 Å². The minimum Gasteiger partial charge on any atom is -0.491 e. The quantitative estimate of drug-likeness (QED) is 0.290. The summed E-state index contributed by atoms with van der Waals surface area (Å²) < 4.78 is 59.6. The average Bonchev–Trinajstić information content (AvgIpc) is 3.29. The maximum atomic E-state index is 14.3. The Balaban J connectivity index is 1.35. The van der Waals surface area contributed by atoms with Crippen LogP contribution in [0, 0.1) is 6.92 Å². The van der Waals surface area contributed by atoms with Gasteiger partial charge >= 0.3 is 18.2 Å². The molecule has 0 saturated carbocycles. The van der Waals surface area contributed by atoms with E-state index in [2.05, 4.69) is 10.6 Å². The number of carboxylic acid groups (broad SMARTS) is 1. The molecule has 1 aliphatic rings. The molecule has 1 fully saturated rings. The molecule has 3 aromatic carbocycles. The van der Waals surface area contributed by atoms with Gasteiger partial charge in [0.2, 0.25) is 5.91 Å². The van der Waals surface area contributed by atoms with E-state index in [1.807, 2.05) is 0 Å². The number of hydrogen-bond donors (Lipinski definition) is 3. The molecule has 1 aliphatic heterocycles. The van der Waals surface area contributed by atoms with E-state index in [-0.39, 0.29) is 43.2 Å². The molecule has 1 heterocycles. The van der Waals surface area contributed by atoms with Crippen LogP contribution in [0.15, 0.2) is 66.7 Å². The highest BCUT2D eigenvalue weighted by atomic mass is 19.4. The van der Waals surface area contributed by atoms with Crippen LogP contribution in [0.1, 0.15) is 33.5 Å². The molecule has 0 aliphatic carbocycles. The van der Waals surface area contributed by atoms with Crippen LogP contribution >= 0.6 is 0 Å². The van der Waals surface area contributed by atoms with Gasteiger partial charge in [-0.25, -0.2) is 14.0 Å². The predicted octanol–water partition coefficient (Wildman–Crippen LogP) is 5.92. The van der Waals surface area contributed by atoms with Gasteiger partial charge in [-0.15, -0.1) is 0 Å². The van der Waals surface area contributed by atoms with E-state index >= 15 is 0 Å². The number of aryl methyl sites for hydroxylation is 1. The van der Waals surface area contributed by atoms with Gasteiger partial charge in [0.1, 0.15) is 18.5 Å². The fourth-order valence-corrected chi connectivity index (χ4v) is 4.58. The fourth-order valence-electron chi connectivity index (χ4n) is 4.58. The van der Waals surface area contributed by atoms with Crippen molar-refractivity contribution in [3.05, 3.63) is 89.0 Å².